The molecule has 0 saturated carbocycles. The van der Waals surface area contributed by atoms with E-state index in [-0.39, 0.29) is 0 Å². The zero-order valence-corrected chi connectivity index (χ0v) is 12.8. The molecule has 1 aromatic rings. The Balaban J connectivity index is 0.000000399. The lowest BCUT2D eigenvalue weighted by Crippen LogP contribution is -2.26. The molecule has 0 fully saturated rings. The molecule has 1 unspecified atom stereocenters. The predicted molar refractivity (Wildman–Crippen MR) is 80.1 cm³/mol. The van der Waals surface area contributed by atoms with E-state index < -0.39 is 5.97 Å². The van der Waals surface area contributed by atoms with E-state index in [9.17, 15) is 4.79 Å². The maximum Gasteiger partial charge on any atom is 0.351 e. The van der Waals surface area contributed by atoms with E-state index in [0.29, 0.717) is 11.6 Å². The Kier molecular flexibility index (Phi) is 8.92. The smallest absolute Gasteiger partial charge is 0.343 e. The zero-order valence-electron chi connectivity index (χ0n) is 12.0. The molecule has 0 heterocycles. The molecule has 1 aromatic carbocycles. The number of halogens is 1. The van der Waals surface area contributed by atoms with Crippen molar-refractivity contribution in [3.05, 3.63) is 48.0 Å². The van der Waals surface area contributed by atoms with E-state index in [1.165, 1.54) is 12.5 Å². The fourth-order valence-corrected chi connectivity index (χ4v) is 1.34. The Labute approximate surface area is 121 Å². The highest BCUT2D eigenvalue weighted by atomic mass is 35.5. The molecule has 19 heavy (non-hydrogen) atoms. The van der Waals surface area contributed by atoms with Gasteiger partial charge in [0.05, 0.1) is 0 Å². The summed E-state index contributed by atoms with van der Waals surface area (Å²) < 4.78 is 3.75. The van der Waals surface area contributed by atoms with Crippen molar-refractivity contribution in [3.8, 4) is 0 Å². The lowest BCUT2D eigenvalue weighted by molar-refractivity contribution is -0.129. The first-order valence-corrected chi connectivity index (χ1v) is 6.38. The molecule has 0 bridgehead atoms. The Morgan fingerprint density at radius 3 is 2.21 bits per heavy atom. The van der Waals surface area contributed by atoms with Crippen molar-refractivity contribution in [2.45, 2.75) is 26.3 Å². The molecule has 0 radical (unpaired) electrons. The van der Waals surface area contributed by atoms with Gasteiger partial charge in [0.25, 0.3) is 0 Å². The lowest BCUT2D eigenvalue weighted by Gasteiger charge is -2.19. The van der Waals surface area contributed by atoms with Crippen molar-refractivity contribution in [3.63, 3.8) is 0 Å². The Morgan fingerprint density at radius 2 is 1.89 bits per heavy atom. The Morgan fingerprint density at radius 1 is 1.37 bits per heavy atom. The summed E-state index contributed by atoms with van der Waals surface area (Å²) in [6, 6.07) is 11.2. The van der Waals surface area contributed by atoms with Gasteiger partial charge >= 0.3 is 5.97 Å². The molecule has 1 atom stereocenters. The molecule has 0 N–H and O–H groups in total. The van der Waals surface area contributed by atoms with Crippen LogP contribution in [-0.4, -0.2) is 31.0 Å². The SMILES string of the molecule is C=C(C)C(=O)OCl.CC(Cc1ccccc1)N(C)C. The highest BCUT2D eigenvalue weighted by Gasteiger charge is 2.04. The van der Waals surface area contributed by atoms with Crippen LogP contribution in [0.4, 0.5) is 0 Å². The number of benzene rings is 1. The van der Waals surface area contributed by atoms with Crippen molar-refractivity contribution in [2.24, 2.45) is 0 Å². The van der Waals surface area contributed by atoms with Crippen molar-refractivity contribution < 1.29 is 9.08 Å². The maximum atomic E-state index is 10.1. The summed E-state index contributed by atoms with van der Waals surface area (Å²) in [5, 5.41) is 0. The third kappa shape index (κ3) is 8.41. The molecule has 0 aliphatic carbocycles. The predicted octanol–water partition coefficient (Wildman–Crippen LogP) is 3.44. The van der Waals surface area contributed by atoms with Gasteiger partial charge in [0.1, 0.15) is 11.9 Å². The molecular formula is C15H22ClNO2. The molecule has 4 heteroatoms. The average molecular weight is 284 g/mol. The monoisotopic (exact) mass is 283 g/mol. The number of hydrogen-bond acceptors (Lipinski definition) is 3. The molecule has 0 saturated heterocycles. The van der Waals surface area contributed by atoms with E-state index in [2.05, 4.69) is 79.0 Å². The second kappa shape index (κ2) is 9.59. The van der Waals surface area contributed by atoms with Crippen LogP contribution in [0.3, 0.4) is 0 Å². The molecule has 0 aromatic heterocycles. The number of hydrogen-bond donors (Lipinski definition) is 0. The summed E-state index contributed by atoms with van der Waals surface area (Å²) in [7, 11) is 4.24. The summed E-state index contributed by atoms with van der Waals surface area (Å²) in [5.41, 5.74) is 1.72. The molecule has 0 amide bonds. The second-order valence-electron chi connectivity index (χ2n) is 4.65. The van der Waals surface area contributed by atoms with Gasteiger partial charge in [0, 0.05) is 11.6 Å². The fraction of sp³-hybridized carbons (Fsp3) is 0.400. The summed E-state index contributed by atoms with van der Waals surface area (Å²) in [5.74, 6) is -0.582. The zero-order chi connectivity index (χ0) is 14.8. The second-order valence-corrected chi connectivity index (χ2v) is 4.80. The van der Waals surface area contributed by atoms with E-state index in [1.54, 1.807) is 0 Å². The topological polar surface area (TPSA) is 29.5 Å². The average Bonchev–Trinajstić information content (AvgIpc) is 2.39. The van der Waals surface area contributed by atoms with Crippen molar-refractivity contribution >= 4 is 17.8 Å². The minimum absolute atomic E-state index is 0.301. The maximum absolute atomic E-state index is 10.1. The van der Waals surface area contributed by atoms with Crippen molar-refractivity contribution in [1.29, 1.82) is 0 Å². The standard InChI is InChI=1S/C11H17N.C4H5ClO2/c1-10(12(2)3)9-11-7-5-4-6-8-11;1-3(2)4(6)7-5/h4-8,10H,9H2,1-3H3;1H2,2H3. The largest absolute Gasteiger partial charge is 0.351 e. The highest BCUT2D eigenvalue weighted by Crippen LogP contribution is 2.05. The van der Waals surface area contributed by atoms with Gasteiger partial charge in [-0.25, -0.2) is 4.79 Å². The fourth-order valence-electron chi connectivity index (χ4n) is 1.20. The van der Waals surface area contributed by atoms with Gasteiger partial charge in [-0.1, -0.05) is 36.9 Å². The molecule has 1 rings (SSSR count). The van der Waals surface area contributed by atoms with Gasteiger partial charge in [-0.05, 0) is 39.9 Å². The van der Waals surface area contributed by atoms with Crippen molar-refractivity contribution in [2.75, 3.05) is 14.1 Å². The number of carbonyl (C=O) groups excluding carboxylic acids is 1. The van der Waals surface area contributed by atoms with Gasteiger partial charge in [-0.3, -0.25) is 0 Å². The first-order valence-electron chi connectivity index (χ1n) is 6.07. The minimum atomic E-state index is -0.582. The van der Waals surface area contributed by atoms with Gasteiger partial charge in [0.15, 0.2) is 0 Å². The van der Waals surface area contributed by atoms with Crippen LogP contribution in [0.25, 0.3) is 0 Å². The van der Waals surface area contributed by atoms with Crippen LogP contribution in [-0.2, 0) is 15.5 Å². The molecule has 0 spiro atoms. The van der Waals surface area contributed by atoms with E-state index >= 15 is 0 Å². The van der Waals surface area contributed by atoms with Crippen LogP contribution in [0.1, 0.15) is 19.4 Å². The lowest BCUT2D eigenvalue weighted by atomic mass is 10.1. The third-order valence-corrected chi connectivity index (χ3v) is 2.81. The first kappa shape index (κ1) is 17.7. The van der Waals surface area contributed by atoms with Crippen LogP contribution >= 0.6 is 11.9 Å². The van der Waals surface area contributed by atoms with E-state index in [0.717, 1.165) is 6.42 Å². The van der Waals surface area contributed by atoms with Gasteiger partial charge < -0.3 is 9.19 Å². The van der Waals surface area contributed by atoms with Gasteiger partial charge in [-0.15, -0.1) is 0 Å². The number of likely N-dealkylation sites (N-methyl/N-ethyl adjacent to an activating group) is 1. The number of carbonyl (C=O) groups is 1. The molecule has 3 nitrogen and oxygen atoms in total. The molecule has 0 aliphatic heterocycles. The summed E-state index contributed by atoms with van der Waals surface area (Å²) in [6.45, 7) is 7.03. The molecule has 106 valence electrons. The third-order valence-electron chi connectivity index (χ3n) is 2.67. The van der Waals surface area contributed by atoms with Gasteiger partial charge in [-0.2, -0.15) is 0 Å². The van der Waals surface area contributed by atoms with E-state index in [4.69, 9.17) is 0 Å². The Bertz CT molecular complexity index is 390. The molecular weight excluding hydrogens is 262 g/mol. The minimum Gasteiger partial charge on any atom is -0.343 e. The first-order chi connectivity index (χ1) is 8.88. The van der Waals surface area contributed by atoms with E-state index in [1.807, 2.05) is 0 Å². The summed E-state index contributed by atoms with van der Waals surface area (Å²) in [4.78, 5) is 12.3. The van der Waals surface area contributed by atoms with Crippen LogP contribution in [0.5, 0.6) is 0 Å². The van der Waals surface area contributed by atoms with Crippen LogP contribution in [0.2, 0.25) is 0 Å². The van der Waals surface area contributed by atoms with Crippen LogP contribution in [0, 0.1) is 0 Å². The number of rotatable bonds is 4. The normalized spacial score (nSPS) is 11.3. The van der Waals surface area contributed by atoms with Crippen molar-refractivity contribution in [1.82, 2.24) is 4.90 Å². The van der Waals surface area contributed by atoms with Crippen LogP contribution in [0.15, 0.2) is 42.5 Å². The summed E-state index contributed by atoms with van der Waals surface area (Å²) >= 11 is 4.64. The molecule has 0 aliphatic rings. The van der Waals surface area contributed by atoms with Crippen LogP contribution < -0.4 is 0 Å². The van der Waals surface area contributed by atoms with Gasteiger partial charge in [0.2, 0.25) is 0 Å². The quantitative estimate of drug-likeness (QED) is 0.793. The summed E-state index contributed by atoms with van der Waals surface area (Å²) in [6.07, 6.45) is 1.13. The highest BCUT2D eigenvalue weighted by molar-refractivity contribution is 6.15. The Hall–Kier alpha value is -1.32. The number of nitrogens with zero attached hydrogens (tertiary/aromatic N) is 1.